The van der Waals surface area contributed by atoms with Crippen LogP contribution >= 0.6 is 0 Å². The van der Waals surface area contributed by atoms with Crippen LogP contribution in [0.2, 0.25) is 0 Å². The molecule has 34 heavy (non-hydrogen) atoms. The van der Waals surface area contributed by atoms with Gasteiger partial charge in [-0.05, 0) is 61.4 Å². The number of nitrogens with zero attached hydrogens (tertiary/aromatic N) is 1. The van der Waals surface area contributed by atoms with Crippen molar-refractivity contribution in [3.63, 3.8) is 0 Å². The van der Waals surface area contributed by atoms with E-state index in [1.165, 1.54) is 5.56 Å². The molecule has 0 radical (unpaired) electrons. The van der Waals surface area contributed by atoms with Crippen molar-refractivity contribution in [3.05, 3.63) is 59.7 Å². The first-order chi connectivity index (χ1) is 16.6. The number of hydrogen-bond donors (Lipinski definition) is 2. The van der Waals surface area contributed by atoms with E-state index in [2.05, 4.69) is 10.6 Å². The van der Waals surface area contributed by atoms with Crippen molar-refractivity contribution in [3.8, 4) is 5.75 Å². The minimum Gasteiger partial charge on any atom is -0.494 e. The molecule has 0 unspecified atom stereocenters. The highest BCUT2D eigenvalue weighted by Gasteiger charge is 2.23. The third-order valence-electron chi connectivity index (χ3n) is 6.47. The number of amides is 3. The lowest BCUT2D eigenvalue weighted by Gasteiger charge is -2.32. The van der Waals surface area contributed by atoms with E-state index < -0.39 is 0 Å². The van der Waals surface area contributed by atoms with Crippen molar-refractivity contribution >= 4 is 23.4 Å². The van der Waals surface area contributed by atoms with E-state index in [0.29, 0.717) is 45.4 Å². The van der Waals surface area contributed by atoms with Gasteiger partial charge in [0.1, 0.15) is 5.75 Å². The lowest BCUT2D eigenvalue weighted by Crippen LogP contribution is -2.46. The Labute approximate surface area is 200 Å². The van der Waals surface area contributed by atoms with E-state index >= 15 is 0 Å². The van der Waals surface area contributed by atoms with Gasteiger partial charge < -0.3 is 20.3 Å². The quantitative estimate of drug-likeness (QED) is 0.558. The number of hydrogen-bond acceptors (Lipinski definition) is 4. The number of benzene rings is 2. The van der Waals surface area contributed by atoms with Crippen LogP contribution in [0.4, 0.5) is 5.69 Å². The molecule has 2 heterocycles. The van der Waals surface area contributed by atoms with Crippen LogP contribution in [0.5, 0.6) is 5.75 Å². The van der Waals surface area contributed by atoms with Gasteiger partial charge in [-0.15, -0.1) is 0 Å². The molecule has 4 rings (SSSR count). The van der Waals surface area contributed by atoms with Gasteiger partial charge in [0, 0.05) is 44.1 Å². The van der Waals surface area contributed by atoms with E-state index in [4.69, 9.17) is 4.74 Å². The van der Waals surface area contributed by atoms with Gasteiger partial charge in [-0.1, -0.05) is 30.3 Å². The minimum absolute atomic E-state index is 0.0501. The number of carbonyl (C=O) groups excluding carboxylic acids is 3. The Kier molecular flexibility index (Phi) is 8.17. The molecule has 7 nitrogen and oxygen atoms in total. The summed E-state index contributed by atoms with van der Waals surface area (Å²) < 4.78 is 5.82. The maximum Gasteiger partial charge on any atom is 0.224 e. The summed E-state index contributed by atoms with van der Waals surface area (Å²) in [6.45, 7) is 1.84. The fraction of sp³-hybridized carbons (Fsp3) is 0.444. The molecular weight excluding hydrogens is 430 g/mol. The predicted octanol–water partition coefficient (Wildman–Crippen LogP) is 3.47. The van der Waals surface area contributed by atoms with Crippen molar-refractivity contribution < 1.29 is 19.1 Å². The lowest BCUT2D eigenvalue weighted by atomic mass is 10.0. The van der Waals surface area contributed by atoms with Crippen molar-refractivity contribution in [2.75, 3.05) is 25.0 Å². The second-order valence-electron chi connectivity index (χ2n) is 9.03. The van der Waals surface area contributed by atoms with Crippen LogP contribution in [0, 0.1) is 0 Å². The summed E-state index contributed by atoms with van der Waals surface area (Å²) in [7, 11) is 0. The van der Waals surface area contributed by atoms with Crippen LogP contribution < -0.4 is 15.4 Å². The molecule has 0 bridgehead atoms. The topological polar surface area (TPSA) is 87.7 Å². The maximum atomic E-state index is 12.6. The highest BCUT2D eigenvalue weighted by molar-refractivity contribution is 5.94. The third kappa shape index (κ3) is 6.83. The minimum atomic E-state index is 0.0501. The van der Waals surface area contributed by atoms with Gasteiger partial charge >= 0.3 is 0 Å². The number of likely N-dealkylation sites (tertiary alicyclic amines) is 1. The molecule has 2 N–H and O–H groups in total. The van der Waals surface area contributed by atoms with Crippen LogP contribution in [0.15, 0.2) is 48.5 Å². The largest absolute Gasteiger partial charge is 0.494 e. The monoisotopic (exact) mass is 463 g/mol. The predicted molar refractivity (Wildman–Crippen MR) is 131 cm³/mol. The molecule has 3 amide bonds. The summed E-state index contributed by atoms with van der Waals surface area (Å²) in [5.74, 6) is 1.04. The molecule has 1 saturated heterocycles. The Hall–Kier alpha value is -3.35. The molecule has 2 aromatic rings. The Morgan fingerprint density at radius 2 is 1.82 bits per heavy atom. The number of fused-ring (bicyclic) bond motifs is 1. The van der Waals surface area contributed by atoms with Crippen molar-refractivity contribution in [2.45, 2.75) is 57.4 Å². The zero-order valence-electron chi connectivity index (χ0n) is 19.6. The van der Waals surface area contributed by atoms with Crippen molar-refractivity contribution in [2.24, 2.45) is 0 Å². The summed E-state index contributed by atoms with van der Waals surface area (Å²) in [5.41, 5.74) is 3.11. The van der Waals surface area contributed by atoms with Gasteiger partial charge in [0.15, 0.2) is 0 Å². The number of nitrogens with one attached hydrogen (secondary N) is 2. The summed E-state index contributed by atoms with van der Waals surface area (Å²) in [6, 6.07) is 15.9. The SMILES string of the molecule is O=C1CCc2cc(OCCCC(=O)N3CCC(NC(=O)CCc4ccccc4)CC3)ccc2N1. The Morgan fingerprint density at radius 1 is 1.03 bits per heavy atom. The van der Waals surface area contributed by atoms with Gasteiger partial charge in [0.05, 0.1) is 6.61 Å². The molecule has 0 saturated carbocycles. The molecule has 7 heteroatoms. The fourth-order valence-electron chi connectivity index (χ4n) is 4.50. The summed E-state index contributed by atoms with van der Waals surface area (Å²) in [4.78, 5) is 38.2. The summed E-state index contributed by atoms with van der Waals surface area (Å²) >= 11 is 0. The van der Waals surface area contributed by atoms with E-state index in [1.54, 1.807) is 0 Å². The van der Waals surface area contributed by atoms with Gasteiger partial charge in [0.2, 0.25) is 17.7 Å². The standard InChI is InChI=1S/C27H33N3O4/c31-25(12-8-20-5-2-1-3-6-20)28-22-14-16-30(17-15-22)27(33)7-4-18-34-23-10-11-24-21(19-23)9-13-26(32)29-24/h1-3,5-6,10-11,19,22H,4,7-9,12-18H2,(H,28,31)(H,29,32). The molecule has 2 aliphatic rings. The van der Waals surface area contributed by atoms with E-state index in [9.17, 15) is 14.4 Å². The molecule has 180 valence electrons. The molecule has 0 atom stereocenters. The van der Waals surface area contributed by atoms with Crippen LogP contribution in [0.3, 0.4) is 0 Å². The zero-order valence-corrected chi connectivity index (χ0v) is 19.6. The van der Waals surface area contributed by atoms with E-state index in [1.807, 2.05) is 53.4 Å². The van der Waals surface area contributed by atoms with Crippen LogP contribution in [-0.4, -0.2) is 48.4 Å². The van der Waals surface area contributed by atoms with Crippen LogP contribution in [-0.2, 0) is 27.2 Å². The van der Waals surface area contributed by atoms with Crippen LogP contribution in [0.25, 0.3) is 0 Å². The molecule has 0 spiro atoms. The molecule has 0 aromatic heterocycles. The number of rotatable bonds is 9. The van der Waals surface area contributed by atoms with Gasteiger partial charge in [-0.25, -0.2) is 0 Å². The summed E-state index contributed by atoms with van der Waals surface area (Å²) in [6.07, 6.45) is 5.16. The first kappa shape index (κ1) is 23.8. The van der Waals surface area contributed by atoms with E-state index in [-0.39, 0.29) is 23.8 Å². The number of ether oxygens (including phenoxy) is 1. The lowest BCUT2D eigenvalue weighted by molar-refractivity contribution is -0.132. The fourth-order valence-corrected chi connectivity index (χ4v) is 4.50. The third-order valence-corrected chi connectivity index (χ3v) is 6.47. The van der Waals surface area contributed by atoms with Crippen molar-refractivity contribution in [1.29, 1.82) is 0 Å². The number of piperidine rings is 1. The molecule has 2 aromatic carbocycles. The van der Waals surface area contributed by atoms with Crippen molar-refractivity contribution in [1.82, 2.24) is 10.2 Å². The molecule has 1 fully saturated rings. The smallest absolute Gasteiger partial charge is 0.224 e. The Bertz CT molecular complexity index is 1000. The van der Waals surface area contributed by atoms with Gasteiger partial charge in [0.25, 0.3) is 0 Å². The first-order valence-electron chi connectivity index (χ1n) is 12.2. The zero-order chi connectivity index (χ0) is 23.8. The average Bonchev–Trinajstić information content (AvgIpc) is 2.86. The van der Waals surface area contributed by atoms with E-state index in [0.717, 1.165) is 42.7 Å². The first-order valence-corrected chi connectivity index (χ1v) is 12.2. The van der Waals surface area contributed by atoms with Crippen LogP contribution in [0.1, 0.15) is 49.7 Å². The maximum absolute atomic E-state index is 12.6. The number of aryl methyl sites for hydroxylation is 2. The van der Waals surface area contributed by atoms with Gasteiger partial charge in [-0.3, -0.25) is 14.4 Å². The second kappa shape index (κ2) is 11.7. The highest BCUT2D eigenvalue weighted by Crippen LogP contribution is 2.27. The summed E-state index contributed by atoms with van der Waals surface area (Å²) in [5, 5.41) is 5.99. The molecule has 2 aliphatic heterocycles. The second-order valence-corrected chi connectivity index (χ2v) is 9.03. The molecular formula is C27H33N3O4. The normalized spacial score (nSPS) is 15.9. The molecule has 0 aliphatic carbocycles. The highest BCUT2D eigenvalue weighted by atomic mass is 16.5. The Balaban J connectivity index is 1.10. The number of carbonyl (C=O) groups is 3. The van der Waals surface area contributed by atoms with Gasteiger partial charge in [-0.2, -0.15) is 0 Å². The number of anilines is 1. The average molecular weight is 464 g/mol. The Morgan fingerprint density at radius 3 is 2.62 bits per heavy atom.